The van der Waals surface area contributed by atoms with Crippen LogP contribution in [0.1, 0.15) is 70.3 Å². The Morgan fingerprint density at radius 2 is 1.89 bits per heavy atom. The van der Waals surface area contributed by atoms with Gasteiger partial charge in [-0.1, -0.05) is 48.7 Å². The van der Waals surface area contributed by atoms with E-state index in [1.54, 1.807) is 11.1 Å². The van der Waals surface area contributed by atoms with Crippen molar-refractivity contribution < 1.29 is 4.79 Å². The fourth-order valence-electron chi connectivity index (χ4n) is 6.91. The number of carbonyl (C=O) groups excluding carboxylic acids is 1. The van der Waals surface area contributed by atoms with E-state index in [1.807, 2.05) is 19.1 Å². The molecule has 0 aliphatic heterocycles. The zero-order chi connectivity index (χ0) is 19.3. The molecule has 144 valence electrons. The highest BCUT2D eigenvalue weighted by molar-refractivity contribution is 5.98. The van der Waals surface area contributed by atoms with Crippen LogP contribution in [0.25, 0.3) is 0 Å². The predicted molar refractivity (Wildman–Crippen MR) is 114 cm³/mol. The average molecular weight is 371 g/mol. The van der Waals surface area contributed by atoms with Crippen molar-refractivity contribution in [3.63, 3.8) is 0 Å². The molecule has 0 amide bonds. The van der Waals surface area contributed by atoms with Crippen molar-refractivity contribution >= 4 is 5.78 Å². The lowest BCUT2D eigenvalue weighted by atomic mass is 9.55. The Bertz CT molecular complexity index is 922. The van der Waals surface area contributed by atoms with Crippen molar-refractivity contribution in [2.45, 2.75) is 64.7 Å². The molecule has 1 unspecified atom stereocenters. The standard InChI is InChI=1S/C27H30O/c1-3-7-20-11-13-25-22-12-10-19-16-26(28)24(18-8-5-4-6-9-18)17-23(19)21(22)14-15-27(20,25)2/h4-6,8-9,16,20,22,24-25H,10-15,17H2,1-2H3/t20-,22-,24?,25+,27-/m1/s1. The normalized spacial score (nSPS) is 36.6. The van der Waals surface area contributed by atoms with E-state index in [1.165, 1.54) is 43.2 Å². The summed E-state index contributed by atoms with van der Waals surface area (Å²) in [6.07, 6.45) is 10.3. The van der Waals surface area contributed by atoms with Crippen LogP contribution in [0.2, 0.25) is 0 Å². The molecular formula is C27H30O. The Balaban J connectivity index is 1.51. The molecule has 4 aliphatic carbocycles. The fraction of sp³-hybridized carbons (Fsp3) is 0.519. The molecule has 5 atom stereocenters. The van der Waals surface area contributed by atoms with Gasteiger partial charge in [0.15, 0.2) is 5.78 Å². The first kappa shape index (κ1) is 18.0. The lowest BCUT2D eigenvalue weighted by Crippen LogP contribution is -2.40. The average Bonchev–Trinajstić information content (AvgIpc) is 3.05. The summed E-state index contributed by atoms with van der Waals surface area (Å²) < 4.78 is 0. The van der Waals surface area contributed by atoms with Gasteiger partial charge < -0.3 is 0 Å². The van der Waals surface area contributed by atoms with Gasteiger partial charge in [0.2, 0.25) is 0 Å². The zero-order valence-electron chi connectivity index (χ0n) is 17.1. The third-order valence-electron chi connectivity index (χ3n) is 8.36. The molecule has 2 saturated carbocycles. The third kappa shape index (κ3) is 2.65. The Morgan fingerprint density at radius 1 is 1.07 bits per heavy atom. The van der Waals surface area contributed by atoms with Crippen LogP contribution in [0.15, 0.2) is 53.1 Å². The highest BCUT2D eigenvalue weighted by atomic mass is 16.1. The van der Waals surface area contributed by atoms with Crippen LogP contribution in [0.5, 0.6) is 0 Å². The van der Waals surface area contributed by atoms with Gasteiger partial charge in [-0.05, 0) is 91.9 Å². The molecule has 28 heavy (non-hydrogen) atoms. The smallest absolute Gasteiger partial charge is 0.163 e. The van der Waals surface area contributed by atoms with Crippen LogP contribution >= 0.6 is 0 Å². The molecule has 1 nitrogen and oxygen atoms in total. The van der Waals surface area contributed by atoms with Gasteiger partial charge >= 0.3 is 0 Å². The number of hydrogen-bond acceptors (Lipinski definition) is 1. The van der Waals surface area contributed by atoms with E-state index >= 15 is 0 Å². The molecule has 0 heterocycles. The monoisotopic (exact) mass is 370 g/mol. The molecule has 0 N–H and O–H groups in total. The number of allylic oxidation sites excluding steroid dienone is 4. The number of rotatable bonds is 1. The molecule has 0 aromatic heterocycles. The van der Waals surface area contributed by atoms with Crippen LogP contribution in [-0.2, 0) is 4.79 Å². The fourth-order valence-corrected chi connectivity index (χ4v) is 6.91. The Labute approximate surface area is 169 Å². The lowest BCUT2D eigenvalue weighted by molar-refractivity contribution is -0.116. The highest BCUT2D eigenvalue weighted by Gasteiger charge is 2.53. The summed E-state index contributed by atoms with van der Waals surface area (Å²) >= 11 is 0. The third-order valence-corrected chi connectivity index (χ3v) is 8.36. The maximum Gasteiger partial charge on any atom is 0.163 e. The van der Waals surface area contributed by atoms with Gasteiger partial charge in [-0.25, -0.2) is 0 Å². The van der Waals surface area contributed by atoms with Crippen molar-refractivity contribution in [3.8, 4) is 11.8 Å². The molecular weight excluding hydrogens is 340 g/mol. The van der Waals surface area contributed by atoms with Crippen molar-refractivity contribution in [1.82, 2.24) is 0 Å². The summed E-state index contributed by atoms with van der Waals surface area (Å²) in [4.78, 5) is 12.8. The van der Waals surface area contributed by atoms with E-state index in [-0.39, 0.29) is 5.92 Å². The number of fused-ring (bicyclic) bond motifs is 4. The largest absolute Gasteiger partial charge is 0.294 e. The first-order chi connectivity index (χ1) is 13.6. The first-order valence-electron chi connectivity index (χ1n) is 11.1. The van der Waals surface area contributed by atoms with E-state index in [0.717, 1.165) is 24.7 Å². The van der Waals surface area contributed by atoms with Crippen LogP contribution < -0.4 is 0 Å². The molecule has 5 rings (SSSR count). The summed E-state index contributed by atoms with van der Waals surface area (Å²) in [5.41, 5.74) is 6.19. The van der Waals surface area contributed by atoms with E-state index in [0.29, 0.717) is 17.1 Å². The minimum Gasteiger partial charge on any atom is -0.294 e. The highest BCUT2D eigenvalue weighted by Crippen LogP contribution is 2.62. The zero-order valence-corrected chi connectivity index (χ0v) is 17.1. The first-order valence-corrected chi connectivity index (χ1v) is 11.1. The van der Waals surface area contributed by atoms with Crippen LogP contribution in [0, 0.1) is 35.0 Å². The van der Waals surface area contributed by atoms with Gasteiger partial charge in [-0.15, -0.1) is 5.92 Å². The number of ketones is 1. The Kier molecular flexibility index (Phi) is 4.35. The van der Waals surface area contributed by atoms with Crippen LogP contribution in [0.3, 0.4) is 0 Å². The van der Waals surface area contributed by atoms with Gasteiger partial charge in [-0.3, -0.25) is 4.79 Å². The minimum atomic E-state index is 0.0156. The Hall–Kier alpha value is -2.07. The SMILES string of the molecule is CC#C[C@@H]1CC[C@H]2[C@@H]3CCC4=CC(=O)C(c5ccccc5)CC4=C3CC[C@]12C. The van der Waals surface area contributed by atoms with Gasteiger partial charge in [0, 0.05) is 5.92 Å². The second kappa shape index (κ2) is 6.77. The van der Waals surface area contributed by atoms with Crippen LogP contribution in [0.4, 0.5) is 0 Å². The topological polar surface area (TPSA) is 17.1 Å². The summed E-state index contributed by atoms with van der Waals surface area (Å²) in [6, 6.07) is 10.4. The van der Waals surface area contributed by atoms with Crippen molar-refractivity contribution in [1.29, 1.82) is 0 Å². The summed E-state index contributed by atoms with van der Waals surface area (Å²) in [7, 11) is 0. The molecule has 0 radical (unpaired) electrons. The summed E-state index contributed by atoms with van der Waals surface area (Å²) in [6.45, 7) is 4.51. The lowest BCUT2D eigenvalue weighted by Gasteiger charge is -2.48. The van der Waals surface area contributed by atoms with Crippen LogP contribution in [-0.4, -0.2) is 5.78 Å². The second-order valence-corrected chi connectivity index (χ2v) is 9.52. The Morgan fingerprint density at radius 3 is 2.68 bits per heavy atom. The second-order valence-electron chi connectivity index (χ2n) is 9.52. The molecule has 4 aliphatic rings. The number of carbonyl (C=O) groups is 1. The van der Waals surface area contributed by atoms with E-state index < -0.39 is 0 Å². The van der Waals surface area contributed by atoms with Gasteiger partial charge in [-0.2, -0.15) is 0 Å². The van der Waals surface area contributed by atoms with E-state index in [9.17, 15) is 4.79 Å². The van der Waals surface area contributed by atoms with Crippen molar-refractivity contribution in [2.24, 2.45) is 23.2 Å². The molecule has 2 fully saturated rings. The maximum atomic E-state index is 12.8. The molecule has 0 bridgehead atoms. The quantitative estimate of drug-likeness (QED) is 0.536. The summed E-state index contributed by atoms with van der Waals surface area (Å²) in [5, 5.41) is 0. The molecule has 0 spiro atoms. The van der Waals surface area contributed by atoms with E-state index in [4.69, 9.17) is 0 Å². The predicted octanol–water partition coefficient (Wildman–Crippen LogP) is 6.23. The number of benzene rings is 1. The van der Waals surface area contributed by atoms with Crippen molar-refractivity contribution in [2.75, 3.05) is 0 Å². The molecule has 0 saturated heterocycles. The van der Waals surface area contributed by atoms with Gasteiger partial charge in [0.25, 0.3) is 0 Å². The van der Waals surface area contributed by atoms with Crippen molar-refractivity contribution in [3.05, 3.63) is 58.7 Å². The minimum absolute atomic E-state index is 0.0156. The number of hydrogen-bond donors (Lipinski definition) is 0. The summed E-state index contributed by atoms with van der Waals surface area (Å²) in [5.74, 6) is 9.16. The molecule has 1 heteroatoms. The maximum absolute atomic E-state index is 12.8. The van der Waals surface area contributed by atoms with Gasteiger partial charge in [0.05, 0.1) is 5.92 Å². The molecule has 1 aromatic rings. The van der Waals surface area contributed by atoms with Gasteiger partial charge in [0.1, 0.15) is 0 Å². The molecule has 1 aromatic carbocycles. The van der Waals surface area contributed by atoms with E-state index in [2.05, 4.69) is 43.0 Å².